The molecular formula is C66H127NO5. The third-order valence-electron chi connectivity index (χ3n) is 15.2. The van der Waals surface area contributed by atoms with E-state index in [-0.39, 0.29) is 18.5 Å². The number of carbonyl (C=O) groups is 2. The van der Waals surface area contributed by atoms with Gasteiger partial charge in [-0.25, -0.2) is 0 Å². The van der Waals surface area contributed by atoms with Gasteiger partial charge in [0.1, 0.15) is 0 Å². The highest BCUT2D eigenvalue weighted by Gasteiger charge is 2.18. The molecular weight excluding hydrogens is 887 g/mol. The summed E-state index contributed by atoms with van der Waals surface area (Å²) >= 11 is 0. The Bertz CT molecular complexity index is 1120. The number of unbranched alkanes of at least 4 members (excludes halogenated alkanes) is 48. The maximum Gasteiger partial charge on any atom is 0.305 e. The van der Waals surface area contributed by atoms with E-state index in [0.717, 1.165) is 70.6 Å². The van der Waals surface area contributed by atoms with Gasteiger partial charge in [-0.2, -0.15) is 0 Å². The Morgan fingerprint density at radius 3 is 1.00 bits per heavy atom. The van der Waals surface area contributed by atoms with Crippen molar-refractivity contribution in [2.24, 2.45) is 0 Å². The first-order valence-electron chi connectivity index (χ1n) is 32.6. The Morgan fingerprint density at radius 1 is 0.375 bits per heavy atom. The molecule has 0 aromatic carbocycles. The fourth-order valence-electron chi connectivity index (χ4n) is 10.2. The molecule has 72 heavy (non-hydrogen) atoms. The van der Waals surface area contributed by atoms with Gasteiger partial charge in [-0.3, -0.25) is 9.59 Å². The summed E-state index contributed by atoms with van der Waals surface area (Å²) in [6.45, 7) is 4.90. The summed E-state index contributed by atoms with van der Waals surface area (Å²) in [5.74, 6) is -0.102. The van der Waals surface area contributed by atoms with Gasteiger partial charge in [0.25, 0.3) is 0 Å². The zero-order valence-electron chi connectivity index (χ0n) is 48.7. The number of hydrogen-bond donors (Lipinski definition) is 3. The number of aliphatic hydroxyl groups is 2. The highest BCUT2D eigenvalue weighted by molar-refractivity contribution is 5.76. The molecule has 0 saturated heterocycles. The molecule has 2 unspecified atom stereocenters. The van der Waals surface area contributed by atoms with Crippen LogP contribution >= 0.6 is 0 Å². The fourth-order valence-corrected chi connectivity index (χ4v) is 10.2. The fraction of sp³-hybridized carbons (Fsp3) is 0.909. The van der Waals surface area contributed by atoms with Crippen molar-refractivity contribution in [3.8, 4) is 0 Å². The lowest BCUT2D eigenvalue weighted by Crippen LogP contribution is -2.45. The molecule has 0 radical (unpaired) electrons. The minimum absolute atomic E-state index is 0.00832. The third kappa shape index (κ3) is 57.6. The Kier molecular flexibility index (Phi) is 60.5. The second-order valence-corrected chi connectivity index (χ2v) is 22.5. The van der Waals surface area contributed by atoms with Crippen molar-refractivity contribution < 1.29 is 24.5 Å². The predicted octanol–water partition coefficient (Wildman–Crippen LogP) is 20.6. The molecule has 426 valence electrons. The topological polar surface area (TPSA) is 95.9 Å². The summed E-state index contributed by atoms with van der Waals surface area (Å²) in [5, 5.41) is 23.2. The number of nitrogens with one attached hydrogen (secondary N) is 1. The first kappa shape index (κ1) is 70.3. The third-order valence-corrected chi connectivity index (χ3v) is 15.2. The molecule has 6 heteroatoms. The Morgan fingerprint density at radius 2 is 0.653 bits per heavy atom. The highest BCUT2D eigenvalue weighted by Crippen LogP contribution is 2.18. The molecule has 0 saturated carbocycles. The molecule has 0 aromatic heterocycles. The summed E-state index contributed by atoms with van der Waals surface area (Å²) in [6.07, 6.45) is 76.6. The highest BCUT2D eigenvalue weighted by atomic mass is 16.5. The van der Waals surface area contributed by atoms with Crippen LogP contribution in [0.3, 0.4) is 0 Å². The van der Waals surface area contributed by atoms with Crippen LogP contribution in [0.15, 0.2) is 24.3 Å². The van der Waals surface area contributed by atoms with Crippen LogP contribution in [-0.4, -0.2) is 47.4 Å². The van der Waals surface area contributed by atoms with Crippen LogP contribution in [0, 0.1) is 0 Å². The summed E-state index contributed by atoms with van der Waals surface area (Å²) < 4.78 is 5.49. The number of rotatable bonds is 61. The summed E-state index contributed by atoms with van der Waals surface area (Å²) in [5.41, 5.74) is 0. The van der Waals surface area contributed by atoms with Crippen LogP contribution in [0.25, 0.3) is 0 Å². The maximum atomic E-state index is 12.5. The van der Waals surface area contributed by atoms with E-state index < -0.39 is 12.1 Å². The lowest BCUT2D eigenvalue weighted by Gasteiger charge is -2.19. The Labute approximate surface area is 450 Å². The number of allylic oxidation sites excluding steroid dienone is 3. The van der Waals surface area contributed by atoms with Crippen LogP contribution in [0.2, 0.25) is 0 Å². The molecule has 0 aliphatic carbocycles. The van der Waals surface area contributed by atoms with Crippen molar-refractivity contribution in [3.05, 3.63) is 24.3 Å². The summed E-state index contributed by atoms with van der Waals surface area (Å²) in [7, 11) is 0. The summed E-state index contributed by atoms with van der Waals surface area (Å²) in [6, 6.07) is -0.649. The molecule has 0 fully saturated rings. The molecule has 6 nitrogen and oxygen atoms in total. The molecule has 2 atom stereocenters. The van der Waals surface area contributed by atoms with E-state index in [1.807, 2.05) is 6.08 Å². The average molecular weight is 1010 g/mol. The standard InChI is InChI=1S/C66H127NO5/c1-3-5-7-9-11-13-15-17-19-21-23-24-25-26-28-29-31-34-38-42-46-50-54-58-64(69)63(62-68)67-65(70)59-55-51-47-43-39-35-33-37-41-45-49-53-57-61-72-66(71)60-56-52-48-44-40-36-32-30-27-22-20-18-16-14-12-10-8-6-4-2/h35,39,54,58,63-64,68-69H,3-34,36-38,40-53,55-57,59-62H2,1-2H3,(H,67,70)/b39-35-,58-54+. The average Bonchev–Trinajstić information content (AvgIpc) is 3.38. The van der Waals surface area contributed by atoms with E-state index in [4.69, 9.17) is 4.74 Å². The van der Waals surface area contributed by atoms with Gasteiger partial charge in [-0.05, 0) is 57.8 Å². The predicted molar refractivity (Wildman–Crippen MR) is 315 cm³/mol. The Hall–Kier alpha value is -1.66. The van der Waals surface area contributed by atoms with E-state index in [1.54, 1.807) is 6.08 Å². The minimum atomic E-state index is -0.863. The lowest BCUT2D eigenvalue weighted by atomic mass is 10.0. The second kappa shape index (κ2) is 61.9. The first-order valence-corrected chi connectivity index (χ1v) is 32.6. The minimum Gasteiger partial charge on any atom is -0.466 e. The number of hydrogen-bond acceptors (Lipinski definition) is 5. The van der Waals surface area contributed by atoms with E-state index in [9.17, 15) is 19.8 Å². The SMILES string of the molecule is CCCCCCCCCCCCCCCCCCCCCCC/C=C/C(O)C(CO)NC(=O)CCCCC/C=C\CCCCCCCCOC(=O)CCCCCCCCCCCCCCCCCCCCC. The zero-order chi connectivity index (χ0) is 52.2. The van der Waals surface area contributed by atoms with Crippen LogP contribution < -0.4 is 5.32 Å². The van der Waals surface area contributed by atoms with E-state index in [1.165, 1.54) is 263 Å². The molecule has 0 bridgehead atoms. The van der Waals surface area contributed by atoms with Crippen molar-refractivity contribution in [1.82, 2.24) is 5.32 Å². The van der Waals surface area contributed by atoms with Crippen LogP contribution in [0.5, 0.6) is 0 Å². The van der Waals surface area contributed by atoms with Gasteiger partial charge in [0.15, 0.2) is 0 Å². The molecule has 0 heterocycles. The Balaban J connectivity index is 3.48. The zero-order valence-corrected chi connectivity index (χ0v) is 48.7. The van der Waals surface area contributed by atoms with Crippen molar-refractivity contribution in [2.75, 3.05) is 13.2 Å². The normalized spacial score (nSPS) is 12.7. The monoisotopic (exact) mass is 1010 g/mol. The van der Waals surface area contributed by atoms with Crippen molar-refractivity contribution in [1.29, 1.82) is 0 Å². The molecule has 0 spiro atoms. The molecule has 0 aliphatic rings. The van der Waals surface area contributed by atoms with Crippen molar-refractivity contribution in [2.45, 2.75) is 373 Å². The van der Waals surface area contributed by atoms with Crippen molar-refractivity contribution in [3.63, 3.8) is 0 Å². The van der Waals surface area contributed by atoms with E-state index >= 15 is 0 Å². The largest absolute Gasteiger partial charge is 0.466 e. The van der Waals surface area contributed by atoms with Gasteiger partial charge in [0.05, 0.1) is 25.4 Å². The van der Waals surface area contributed by atoms with E-state index in [2.05, 4.69) is 31.3 Å². The lowest BCUT2D eigenvalue weighted by molar-refractivity contribution is -0.143. The molecule has 3 N–H and O–H groups in total. The number of carbonyl (C=O) groups excluding carboxylic acids is 2. The quantitative estimate of drug-likeness (QED) is 0.0320. The van der Waals surface area contributed by atoms with Crippen molar-refractivity contribution >= 4 is 11.9 Å². The molecule has 0 aromatic rings. The number of esters is 1. The van der Waals surface area contributed by atoms with Crippen LogP contribution in [0.4, 0.5) is 0 Å². The molecule has 1 amide bonds. The summed E-state index contributed by atoms with van der Waals surface area (Å²) in [4.78, 5) is 24.6. The molecule has 0 aliphatic heterocycles. The smallest absolute Gasteiger partial charge is 0.305 e. The second-order valence-electron chi connectivity index (χ2n) is 22.5. The number of ether oxygens (including phenoxy) is 1. The van der Waals surface area contributed by atoms with Crippen LogP contribution in [-0.2, 0) is 14.3 Å². The molecule has 0 rings (SSSR count). The maximum absolute atomic E-state index is 12.5. The van der Waals surface area contributed by atoms with Gasteiger partial charge in [-0.1, -0.05) is 314 Å². The van der Waals surface area contributed by atoms with Gasteiger partial charge in [-0.15, -0.1) is 0 Å². The number of aliphatic hydroxyl groups excluding tert-OH is 2. The van der Waals surface area contributed by atoms with Gasteiger partial charge >= 0.3 is 5.97 Å². The van der Waals surface area contributed by atoms with Crippen LogP contribution in [0.1, 0.15) is 361 Å². The van der Waals surface area contributed by atoms with Gasteiger partial charge in [0.2, 0.25) is 5.91 Å². The number of amides is 1. The van der Waals surface area contributed by atoms with Gasteiger partial charge in [0, 0.05) is 12.8 Å². The van der Waals surface area contributed by atoms with E-state index in [0.29, 0.717) is 19.4 Å². The first-order chi connectivity index (χ1) is 35.5. The van der Waals surface area contributed by atoms with Gasteiger partial charge < -0.3 is 20.3 Å².